The molecule has 0 aromatic carbocycles. The fraction of sp³-hybridized carbons (Fsp3) is 0. The Kier molecular flexibility index (Phi) is 4.20. The molecule has 0 amide bonds. The molecule has 0 bridgehead atoms. The Hall–Kier alpha value is -3.45. The van der Waals surface area contributed by atoms with E-state index < -0.39 is 0 Å². The first-order valence-corrected chi connectivity index (χ1v) is 8.54. The average molecular weight is 359 g/mol. The molecule has 0 atom stereocenters. The summed E-state index contributed by atoms with van der Waals surface area (Å²) in [5.74, 6) is 0. The van der Waals surface area contributed by atoms with Crippen LogP contribution in [0, 0.1) is 0 Å². The van der Waals surface area contributed by atoms with Gasteiger partial charge < -0.3 is 4.42 Å². The number of rotatable bonds is 5. The molecular formula is C19H13N5OS. The van der Waals surface area contributed by atoms with Crippen LogP contribution in [0.5, 0.6) is 0 Å². The van der Waals surface area contributed by atoms with Gasteiger partial charge in [0.2, 0.25) is 0 Å². The highest BCUT2D eigenvalue weighted by molar-refractivity contribution is 7.17. The van der Waals surface area contributed by atoms with Crippen molar-refractivity contribution in [3.63, 3.8) is 0 Å². The van der Waals surface area contributed by atoms with Crippen LogP contribution >= 0.6 is 11.3 Å². The fourth-order valence-electron chi connectivity index (χ4n) is 2.51. The summed E-state index contributed by atoms with van der Waals surface area (Å²) in [7, 11) is 0. The molecule has 4 aromatic rings. The van der Waals surface area contributed by atoms with E-state index >= 15 is 0 Å². The number of aliphatic imine (C=N–C) groups is 1. The molecule has 26 heavy (non-hydrogen) atoms. The highest BCUT2D eigenvalue weighted by Gasteiger charge is 2.16. The van der Waals surface area contributed by atoms with Crippen LogP contribution in [0.15, 0.2) is 71.1 Å². The smallest absolute Gasteiger partial charge is 0.166 e. The second-order valence-electron chi connectivity index (χ2n) is 5.29. The number of pyridine rings is 2. The maximum atomic E-state index is 5.58. The van der Waals surface area contributed by atoms with Gasteiger partial charge in [-0.25, -0.2) is 4.98 Å². The van der Waals surface area contributed by atoms with Gasteiger partial charge in [0.15, 0.2) is 10.6 Å². The van der Waals surface area contributed by atoms with E-state index in [1.54, 1.807) is 30.8 Å². The molecule has 0 saturated carbocycles. The standard InChI is InChI=1S/C19H13N5OS/c1-3-5-14(20-2)16-17-12(7-9-25-17)10-15(22-16)19-24-23-18(26-19)13-6-4-8-21-11-13/h3-11H,1-2H2/b14-5-. The van der Waals surface area contributed by atoms with Crippen molar-refractivity contribution in [1.82, 2.24) is 20.2 Å². The van der Waals surface area contributed by atoms with Crippen molar-refractivity contribution in [1.29, 1.82) is 0 Å². The van der Waals surface area contributed by atoms with E-state index in [4.69, 9.17) is 4.42 Å². The van der Waals surface area contributed by atoms with Gasteiger partial charge in [0.25, 0.3) is 0 Å². The Morgan fingerprint density at radius 2 is 2.12 bits per heavy atom. The van der Waals surface area contributed by atoms with Crippen LogP contribution in [-0.4, -0.2) is 26.9 Å². The highest BCUT2D eigenvalue weighted by atomic mass is 32.1. The third-order valence-corrected chi connectivity index (χ3v) is 4.67. The third kappa shape index (κ3) is 2.84. The minimum Gasteiger partial charge on any atom is -0.462 e. The fourth-order valence-corrected chi connectivity index (χ4v) is 3.30. The summed E-state index contributed by atoms with van der Waals surface area (Å²) in [6.45, 7) is 7.32. The van der Waals surface area contributed by atoms with Crippen LogP contribution in [0.4, 0.5) is 0 Å². The van der Waals surface area contributed by atoms with E-state index in [1.165, 1.54) is 11.3 Å². The van der Waals surface area contributed by atoms with Crippen LogP contribution < -0.4 is 0 Å². The first-order valence-electron chi connectivity index (χ1n) is 7.72. The second kappa shape index (κ2) is 6.81. The van der Waals surface area contributed by atoms with E-state index in [1.807, 2.05) is 24.3 Å². The number of nitrogens with zero attached hydrogens (tertiary/aromatic N) is 5. The quantitative estimate of drug-likeness (QED) is 0.383. The average Bonchev–Trinajstić information content (AvgIpc) is 3.35. The lowest BCUT2D eigenvalue weighted by atomic mass is 10.2. The van der Waals surface area contributed by atoms with Crippen LogP contribution in [0.1, 0.15) is 5.69 Å². The van der Waals surface area contributed by atoms with Crippen molar-refractivity contribution in [2.24, 2.45) is 4.99 Å². The van der Waals surface area contributed by atoms with E-state index in [0.717, 1.165) is 16.0 Å². The van der Waals surface area contributed by atoms with Crippen LogP contribution in [0.2, 0.25) is 0 Å². The van der Waals surface area contributed by atoms with Gasteiger partial charge in [0.05, 0.1) is 12.0 Å². The minimum absolute atomic E-state index is 0.582. The van der Waals surface area contributed by atoms with Gasteiger partial charge in [-0.2, -0.15) is 0 Å². The Bertz CT molecular complexity index is 1130. The van der Waals surface area contributed by atoms with Crippen LogP contribution in [0.3, 0.4) is 0 Å². The molecule has 0 unspecified atom stereocenters. The van der Waals surface area contributed by atoms with Gasteiger partial charge in [-0.05, 0) is 37.1 Å². The van der Waals surface area contributed by atoms with Crippen molar-refractivity contribution in [3.05, 3.63) is 67.3 Å². The largest absolute Gasteiger partial charge is 0.462 e. The maximum absolute atomic E-state index is 5.58. The van der Waals surface area contributed by atoms with Crippen molar-refractivity contribution in [2.75, 3.05) is 0 Å². The van der Waals surface area contributed by atoms with Crippen molar-refractivity contribution < 1.29 is 4.42 Å². The SMILES string of the molecule is C=C/C=C(\N=C)c1nc(-c2nnc(-c3cccnc3)s2)cc2ccoc12. The lowest BCUT2D eigenvalue weighted by Gasteiger charge is -2.04. The first kappa shape index (κ1) is 16.0. The zero-order valence-electron chi connectivity index (χ0n) is 13.7. The van der Waals surface area contributed by atoms with E-state index in [2.05, 4.69) is 38.5 Å². The molecule has 6 nitrogen and oxygen atoms in total. The molecule has 0 radical (unpaired) electrons. The Morgan fingerprint density at radius 3 is 2.88 bits per heavy atom. The molecule has 0 saturated heterocycles. The molecule has 4 aromatic heterocycles. The van der Waals surface area contributed by atoms with Gasteiger partial charge in [-0.1, -0.05) is 24.0 Å². The van der Waals surface area contributed by atoms with E-state index in [-0.39, 0.29) is 0 Å². The molecule has 4 heterocycles. The van der Waals surface area contributed by atoms with Gasteiger partial charge in [-0.15, -0.1) is 10.2 Å². The molecule has 7 heteroatoms. The van der Waals surface area contributed by atoms with Gasteiger partial charge in [0, 0.05) is 23.3 Å². The predicted octanol–water partition coefficient (Wildman–Crippen LogP) is 4.64. The molecule has 0 fully saturated rings. The number of hydrogen-bond acceptors (Lipinski definition) is 7. The second-order valence-corrected chi connectivity index (χ2v) is 6.27. The molecule has 0 N–H and O–H groups in total. The zero-order valence-corrected chi connectivity index (χ0v) is 14.5. The normalized spacial score (nSPS) is 11.6. The summed E-state index contributed by atoms with van der Waals surface area (Å²) in [5, 5.41) is 10.9. The zero-order chi connectivity index (χ0) is 17.9. The molecule has 4 rings (SSSR count). The highest BCUT2D eigenvalue weighted by Crippen LogP contribution is 2.33. The molecular weight excluding hydrogens is 346 g/mol. The van der Waals surface area contributed by atoms with Crippen molar-refractivity contribution in [3.8, 4) is 21.3 Å². The van der Waals surface area contributed by atoms with Gasteiger partial charge in [0.1, 0.15) is 16.4 Å². The maximum Gasteiger partial charge on any atom is 0.166 e. The van der Waals surface area contributed by atoms with Crippen LogP contribution in [-0.2, 0) is 0 Å². The van der Waals surface area contributed by atoms with Crippen molar-refractivity contribution >= 4 is 34.7 Å². The summed E-state index contributed by atoms with van der Waals surface area (Å²) in [6.07, 6.45) is 8.48. The molecule has 0 aliphatic rings. The summed E-state index contributed by atoms with van der Waals surface area (Å²) < 4.78 is 5.58. The summed E-state index contributed by atoms with van der Waals surface area (Å²) >= 11 is 1.45. The summed E-state index contributed by atoms with van der Waals surface area (Å²) in [6, 6.07) is 7.61. The van der Waals surface area contributed by atoms with Gasteiger partial charge in [-0.3, -0.25) is 9.98 Å². The summed E-state index contributed by atoms with van der Waals surface area (Å²) in [4.78, 5) is 12.9. The lowest BCUT2D eigenvalue weighted by molar-refractivity contribution is 0.613. The number of fused-ring (bicyclic) bond motifs is 1. The lowest BCUT2D eigenvalue weighted by Crippen LogP contribution is -1.92. The summed E-state index contributed by atoms with van der Waals surface area (Å²) in [5.41, 5.74) is 3.43. The van der Waals surface area contributed by atoms with Crippen molar-refractivity contribution in [2.45, 2.75) is 0 Å². The molecule has 0 aliphatic heterocycles. The monoisotopic (exact) mass is 359 g/mol. The predicted molar refractivity (Wildman–Crippen MR) is 104 cm³/mol. The Balaban J connectivity index is 1.85. The molecule has 0 aliphatic carbocycles. The Labute approximate surface area is 153 Å². The van der Waals surface area contributed by atoms with Gasteiger partial charge >= 0.3 is 0 Å². The number of allylic oxidation sites excluding steroid dienone is 2. The first-order chi connectivity index (χ1) is 12.8. The Morgan fingerprint density at radius 1 is 1.23 bits per heavy atom. The third-order valence-electron chi connectivity index (χ3n) is 3.68. The molecule has 126 valence electrons. The molecule has 0 spiro atoms. The minimum atomic E-state index is 0.582. The van der Waals surface area contributed by atoms with Crippen LogP contribution in [0.25, 0.3) is 37.9 Å². The topological polar surface area (TPSA) is 77.1 Å². The number of aromatic nitrogens is 4. The van der Waals surface area contributed by atoms with E-state index in [0.29, 0.717) is 27.7 Å². The van der Waals surface area contributed by atoms with E-state index in [9.17, 15) is 0 Å². The number of hydrogen-bond donors (Lipinski definition) is 0. The number of furan rings is 1.